The molecule has 1 N–H and O–H groups in total. The van der Waals surface area contributed by atoms with Crippen LogP contribution in [0, 0.1) is 0 Å². The summed E-state index contributed by atoms with van der Waals surface area (Å²) in [4.78, 5) is 0. The molecule has 0 bridgehead atoms. The predicted molar refractivity (Wildman–Crippen MR) is 74.0 cm³/mol. The Hall–Kier alpha value is -0.520. The van der Waals surface area contributed by atoms with E-state index in [0.29, 0.717) is 18.1 Å². The van der Waals surface area contributed by atoms with Gasteiger partial charge in [0.15, 0.2) is 0 Å². The molecule has 0 aromatic carbocycles. The molecule has 1 aliphatic heterocycles. The fraction of sp³-hybridized carbons (Fsp3) is 0.846. The van der Waals surface area contributed by atoms with E-state index < -0.39 is 0 Å². The van der Waals surface area contributed by atoms with E-state index in [9.17, 15) is 0 Å². The molecule has 18 heavy (non-hydrogen) atoms. The number of rotatable bonds is 6. The summed E-state index contributed by atoms with van der Waals surface area (Å²) < 4.78 is 5.60. The summed E-state index contributed by atoms with van der Waals surface area (Å²) >= 11 is 1.75. The van der Waals surface area contributed by atoms with Gasteiger partial charge in [-0.05, 0) is 32.7 Å². The summed E-state index contributed by atoms with van der Waals surface area (Å²) in [5, 5.41) is 14.5. The molecule has 1 saturated heterocycles. The molecule has 0 saturated carbocycles. The fourth-order valence-electron chi connectivity index (χ4n) is 2.27. The number of nitrogens with one attached hydrogen (secondary N) is 1. The van der Waals surface area contributed by atoms with Gasteiger partial charge in [0.05, 0.1) is 18.8 Å². The maximum Gasteiger partial charge on any atom is 0.134 e. The van der Waals surface area contributed by atoms with Gasteiger partial charge >= 0.3 is 0 Å². The molecule has 4 nitrogen and oxygen atoms in total. The van der Waals surface area contributed by atoms with Crippen LogP contribution in [0.4, 0.5) is 0 Å². The maximum absolute atomic E-state index is 5.60. The van der Waals surface area contributed by atoms with Crippen molar-refractivity contribution in [1.82, 2.24) is 15.5 Å². The quantitative estimate of drug-likeness (QED) is 0.862. The molecule has 1 aromatic rings. The second kappa shape index (κ2) is 6.59. The zero-order valence-corrected chi connectivity index (χ0v) is 12.3. The smallest absolute Gasteiger partial charge is 0.134 e. The normalized spacial score (nSPS) is 25.5. The van der Waals surface area contributed by atoms with Crippen molar-refractivity contribution in [2.45, 2.75) is 58.1 Å². The fourth-order valence-corrected chi connectivity index (χ4v) is 3.37. The van der Waals surface area contributed by atoms with Gasteiger partial charge in [-0.25, -0.2) is 0 Å². The Morgan fingerprint density at radius 1 is 1.44 bits per heavy atom. The minimum Gasteiger partial charge on any atom is -0.378 e. The van der Waals surface area contributed by atoms with Crippen LogP contribution in [0.3, 0.4) is 0 Å². The second-order valence-corrected chi connectivity index (χ2v) is 6.01. The van der Waals surface area contributed by atoms with Crippen LogP contribution >= 0.6 is 11.3 Å². The predicted octanol–water partition coefficient (Wildman–Crippen LogP) is 2.88. The van der Waals surface area contributed by atoms with Crippen LogP contribution in [-0.4, -0.2) is 29.5 Å². The zero-order chi connectivity index (χ0) is 13.0. The van der Waals surface area contributed by atoms with Crippen molar-refractivity contribution in [3.63, 3.8) is 0 Å². The maximum atomic E-state index is 5.60. The number of hydrogen-bond donors (Lipinski definition) is 1. The summed E-state index contributed by atoms with van der Waals surface area (Å²) in [7, 11) is 0. The van der Waals surface area contributed by atoms with Crippen LogP contribution < -0.4 is 5.32 Å². The third-order valence-electron chi connectivity index (χ3n) is 3.35. The van der Waals surface area contributed by atoms with Crippen molar-refractivity contribution >= 4 is 11.3 Å². The second-order valence-electron chi connectivity index (χ2n) is 4.97. The highest BCUT2D eigenvalue weighted by atomic mass is 32.1. The van der Waals surface area contributed by atoms with E-state index in [1.807, 2.05) is 0 Å². The Bertz CT molecular complexity index is 369. The van der Waals surface area contributed by atoms with Crippen LogP contribution in [0.15, 0.2) is 0 Å². The first-order chi connectivity index (χ1) is 8.74. The molecule has 2 rings (SSSR count). The molecule has 0 aliphatic carbocycles. The lowest BCUT2D eigenvalue weighted by atomic mass is 10.1. The number of hydrogen-bond acceptors (Lipinski definition) is 5. The molecule has 1 fully saturated rings. The van der Waals surface area contributed by atoms with Crippen LogP contribution in [0.1, 0.15) is 62.0 Å². The number of aromatic nitrogens is 2. The molecule has 5 heteroatoms. The largest absolute Gasteiger partial charge is 0.378 e. The first-order valence-corrected chi connectivity index (χ1v) is 7.74. The van der Waals surface area contributed by atoms with Gasteiger partial charge in [0.25, 0.3) is 0 Å². The molecule has 0 radical (unpaired) electrons. The topological polar surface area (TPSA) is 47.0 Å². The molecule has 1 aromatic heterocycles. The first-order valence-electron chi connectivity index (χ1n) is 6.92. The van der Waals surface area contributed by atoms with E-state index in [1.165, 1.54) is 0 Å². The van der Waals surface area contributed by atoms with Gasteiger partial charge in [0, 0.05) is 5.92 Å². The van der Waals surface area contributed by atoms with E-state index in [4.69, 9.17) is 4.74 Å². The minimum atomic E-state index is 0.357. The zero-order valence-electron chi connectivity index (χ0n) is 11.5. The monoisotopic (exact) mass is 269 g/mol. The molecule has 0 spiro atoms. The molecule has 3 unspecified atom stereocenters. The molecular formula is C13H23N3OS. The lowest BCUT2D eigenvalue weighted by Gasteiger charge is -2.12. The summed E-state index contributed by atoms with van der Waals surface area (Å²) in [6.45, 7) is 8.34. The summed E-state index contributed by atoms with van der Waals surface area (Å²) in [5.74, 6) is 0.454. The van der Waals surface area contributed by atoms with Crippen molar-refractivity contribution < 1.29 is 4.74 Å². The van der Waals surface area contributed by atoms with Gasteiger partial charge in [-0.3, -0.25) is 0 Å². The van der Waals surface area contributed by atoms with Gasteiger partial charge in [-0.1, -0.05) is 25.2 Å². The van der Waals surface area contributed by atoms with Crippen LogP contribution in [0.5, 0.6) is 0 Å². The van der Waals surface area contributed by atoms with Crippen LogP contribution in [0.2, 0.25) is 0 Å². The first kappa shape index (κ1) is 13.9. The Morgan fingerprint density at radius 2 is 2.28 bits per heavy atom. The number of nitrogens with zero attached hydrogens (tertiary/aromatic N) is 2. The van der Waals surface area contributed by atoms with Gasteiger partial charge in [-0.15, -0.1) is 10.2 Å². The summed E-state index contributed by atoms with van der Waals surface area (Å²) in [6, 6.07) is 0.357. The van der Waals surface area contributed by atoms with Gasteiger partial charge in [0.2, 0.25) is 0 Å². The molecular weight excluding hydrogens is 246 g/mol. The molecule has 1 aliphatic rings. The van der Waals surface area contributed by atoms with Crippen LogP contribution in [0.25, 0.3) is 0 Å². The van der Waals surface area contributed by atoms with Crippen molar-refractivity contribution in [1.29, 1.82) is 0 Å². The molecule has 102 valence electrons. The summed E-state index contributed by atoms with van der Waals surface area (Å²) in [6.07, 6.45) is 3.65. The third-order valence-corrected chi connectivity index (χ3v) is 4.55. The van der Waals surface area contributed by atoms with Crippen molar-refractivity contribution in [3.8, 4) is 0 Å². The Balaban J connectivity index is 1.99. The van der Waals surface area contributed by atoms with Crippen molar-refractivity contribution in [3.05, 3.63) is 10.0 Å². The van der Waals surface area contributed by atoms with E-state index in [-0.39, 0.29) is 0 Å². The SMILES string of the molecule is CCCNC(CC)c1nnc(C2COC(C)C2)s1. The highest BCUT2D eigenvalue weighted by molar-refractivity contribution is 7.11. The van der Waals surface area contributed by atoms with E-state index in [2.05, 4.69) is 36.3 Å². The minimum absolute atomic E-state index is 0.357. The lowest BCUT2D eigenvalue weighted by molar-refractivity contribution is 0.123. The summed E-state index contributed by atoms with van der Waals surface area (Å²) in [5.41, 5.74) is 0. The van der Waals surface area contributed by atoms with Crippen LogP contribution in [-0.2, 0) is 4.74 Å². The van der Waals surface area contributed by atoms with Gasteiger partial charge in [-0.2, -0.15) is 0 Å². The average Bonchev–Trinajstić information content (AvgIpc) is 2.99. The Morgan fingerprint density at radius 3 is 2.89 bits per heavy atom. The van der Waals surface area contributed by atoms with E-state index in [0.717, 1.165) is 42.4 Å². The molecule has 0 amide bonds. The number of ether oxygens (including phenoxy) is 1. The van der Waals surface area contributed by atoms with E-state index >= 15 is 0 Å². The van der Waals surface area contributed by atoms with Crippen molar-refractivity contribution in [2.24, 2.45) is 0 Å². The van der Waals surface area contributed by atoms with E-state index in [1.54, 1.807) is 11.3 Å². The van der Waals surface area contributed by atoms with Gasteiger partial charge in [0.1, 0.15) is 10.0 Å². The molecule has 3 atom stereocenters. The third kappa shape index (κ3) is 3.28. The Kier molecular flexibility index (Phi) is 5.09. The Labute approximate surface area is 113 Å². The lowest BCUT2D eigenvalue weighted by Crippen LogP contribution is -2.21. The highest BCUT2D eigenvalue weighted by Gasteiger charge is 2.27. The van der Waals surface area contributed by atoms with Gasteiger partial charge < -0.3 is 10.1 Å². The highest BCUT2D eigenvalue weighted by Crippen LogP contribution is 2.32. The van der Waals surface area contributed by atoms with Crippen molar-refractivity contribution in [2.75, 3.05) is 13.2 Å². The molecule has 2 heterocycles. The standard InChI is InChI=1S/C13H23N3OS/c1-4-6-14-11(5-2)13-16-15-12(18-13)10-7-9(3)17-8-10/h9-11,14H,4-8H2,1-3H3. The average molecular weight is 269 g/mol.